The number of furan rings is 1. The molecule has 2 aromatic heterocycles. The molecule has 0 radical (unpaired) electrons. The van der Waals surface area contributed by atoms with E-state index in [-0.39, 0.29) is 0 Å². The summed E-state index contributed by atoms with van der Waals surface area (Å²) in [5.41, 5.74) is 9.31. The van der Waals surface area contributed by atoms with Crippen molar-refractivity contribution in [1.82, 2.24) is 9.97 Å². The highest BCUT2D eigenvalue weighted by Crippen LogP contribution is 2.42. The number of aromatic nitrogens is 2. The van der Waals surface area contributed by atoms with Gasteiger partial charge in [-0.15, -0.1) is 0 Å². The van der Waals surface area contributed by atoms with E-state index in [1.165, 1.54) is 43.4 Å². The van der Waals surface area contributed by atoms with Crippen LogP contribution in [0.15, 0.2) is 138 Å². The highest BCUT2D eigenvalue weighted by Gasteiger charge is 2.17. The Kier molecular flexibility index (Phi) is 5.63. The van der Waals surface area contributed by atoms with Crippen LogP contribution in [0.1, 0.15) is 11.1 Å². The summed E-state index contributed by atoms with van der Waals surface area (Å²) in [7, 11) is 0. The van der Waals surface area contributed by atoms with Crippen molar-refractivity contribution in [2.45, 2.75) is 13.8 Å². The lowest BCUT2D eigenvalue weighted by atomic mass is 9.90. The van der Waals surface area contributed by atoms with Gasteiger partial charge in [-0.05, 0) is 87.6 Å². The van der Waals surface area contributed by atoms with Crippen molar-refractivity contribution >= 4 is 54.3 Å². The first-order valence-corrected chi connectivity index (χ1v) is 15.3. The Labute approximate surface area is 260 Å². The maximum atomic E-state index is 6.35. The third-order valence-corrected chi connectivity index (χ3v) is 9.16. The van der Waals surface area contributed by atoms with Crippen LogP contribution in [0.2, 0.25) is 0 Å². The Morgan fingerprint density at radius 3 is 1.69 bits per heavy atom. The van der Waals surface area contributed by atoms with E-state index < -0.39 is 0 Å². The molecule has 0 aliphatic heterocycles. The zero-order valence-corrected chi connectivity index (χ0v) is 25.0. The number of rotatable bonds is 3. The molecule has 2 heterocycles. The summed E-state index contributed by atoms with van der Waals surface area (Å²) in [5.74, 6) is 0.717. The van der Waals surface area contributed by atoms with Crippen LogP contribution in [-0.2, 0) is 0 Å². The van der Waals surface area contributed by atoms with E-state index in [9.17, 15) is 0 Å². The average molecular weight is 577 g/mol. The molecule has 0 saturated carbocycles. The van der Waals surface area contributed by atoms with Crippen LogP contribution in [0.5, 0.6) is 0 Å². The van der Waals surface area contributed by atoms with Crippen molar-refractivity contribution in [3.8, 4) is 33.9 Å². The lowest BCUT2D eigenvalue weighted by Gasteiger charge is -2.15. The van der Waals surface area contributed by atoms with Crippen LogP contribution in [0.3, 0.4) is 0 Å². The van der Waals surface area contributed by atoms with Gasteiger partial charge in [0.15, 0.2) is 5.82 Å². The van der Waals surface area contributed by atoms with Crippen molar-refractivity contribution in [1.29, 1.82) is 0 Å². The number of hydrogen-bond donors (Lipinski definition) is 0. The van der Waals surface area contributed by atoms with E-state index in [4.69, 9.17) is 14.4 Å². The van der Waals surface area contributed by atoms with Gasteiger partial charge in [-0.1, -0.05) is 103 Å². The van der Waals surface area contributed by atoms with Crippen LogP contribution in [-0.4, -0.2) is 9.97 Å². The molecule has 0 aliphatic carbocycles. The van der Waals surface area contributed by atoms with Crippen molar-refractivity contribution in [3.05, 3.63) is 145 Å². The molecule has 0 atom stereocenters. The lowest BCUT2D eigenvalue weighted by molar-refractivity contribution is 0.669. The van der Waals surface area contributed by atoms with Gasteiger partial charge in [0, 0.05) is 27.5 Å². The van der Waals surface area contributed by atoms with Gasteiger partial charge in [-0.2, -0.15) is 0 Å². The summed E-state index contributed by atoms with van der Waals surface area (Å²) in [5, 5.41) is 9.63. The predicted molar refractivity (Wildman–Crippen MR) is 188 cm³/mol. The molecule has 0 saturated heterocycles. The van der Waals surface area contributed by atoms with Gasteiger partial charge < -0.3 is 4.42 Å². The third-order valence-electron chi connectivity index (χ3n) is 9.16. The molecular weight excluding hydrogens is 548 g/mol. The van der Waals surface area contributed by atoms with Crippen LogP contribution in [0, 0.1) is 13.8 Å². The maximum Gasteiger partial charge on any atom is 0.160 e. The van der Waals surface area contributed by atoms with E-state index >= 15 is 0 Å². The molecule has 0 spiro atoms. The number of hydrogen-bond acceptors (Lipinski definition) is 3. The molecule has 9 rings (SSSR count). The molecule has 0 fully saturated rings. The highest BCUT2D eigenvalue weighted by molar-refractivity contribution is 6.28. The molecule has 45 heavy (non-hydrogen) atoms. The summed E-state index contributed by atoms with van der Waals surface area (Å²) in [6, 6.07) is 47.0. The lowest BCUT2D eigenvalue weighted by Crippen LogP contribution is -1.96. The Morgan fingerprint density at radius 1 is 0.378 bits per heavy atom. The molecule has 3 nitrogen and oxygen atoms in total. The maximum absolute atomic E-state index is 6.35. The van der Waals surface area contributed by atoms with E-state index in [0.717, 1.165) is 50.0 Å². The minimum absolute atomic E-state index is 0.717. The van der Waals surface area contributed by atoms with E-state index in [0.29, 0.717) is 5.82 Å². The largest absolute Gasteiger partial charge is 0.456 e. The number of para-hydroxylation sites is 1. The van der Waals surface area contributed by atoms with Gasteiger partial charge in [-0.3, -0.25) is 0 Å². The fourth-order valence-corrected chi connectivity index (χ4v) is 6.71. The first kappa shape index (κ1) is 25.7. The fourth-order valence-electron chi connectivity index (χ4n) is 6.71. The monoisotopic (exact) mass is 576 g/mol. The standard InChI is InChI=1S/C42H28N2O/c1-25-19-32-33(20-26(25)2)35-22-37-31-15-9-10-16-40(31)45-41(37)23-36(35)30-18-17-29(21-34(30)32)39-24-38(27-11-5-3-6-12-27)43-42(44-39)28-13-7-4-8-14-28/h3-24H,1-2H3. The Hall–Kier alpha value is -5.80. The number of aryl methyl sites for hydroxylation is 2. The highest BCUT2D eigenvalue weighted by atomic mass is 16.3. The minimum Gasteiger partial charge on any atom is -0.456 e. The van der Waals surface area contributed by atoms with Crippen molar-refractivity contribution in [3.63, 3.8) is 0 Å². The molecule has 0 unspecified atom stereocenters. The summed E-state index contributed by atoms with van der Waals surface area (Å²) in [4.78, 5) is 10.1. The first-order valence-electron chi connectivity index (χ1n) is 15.3. The Balaban J connectivity index is 1.35. The molecule has 9 aromatic rings. The Bertz CT molecular complexity index is 2540. The second-order valence-electron chi connectivity index (χ2n) is 11.9. The zero-order valence-electron chi connectivity index (χ0n) is 25.0. The third kappa shape index (κ3) is 4.12. The summed E-state index contributed by atoms with van der Waals surface area (Å²) < 4.78 is 6.35. The van der Waals surface area contributed by atoms with Crippen LogP contribution >= 0.6 is 0 Å². The fraction of sp³-hybridized carbons (Fsp3) is 0.0476. The molecule has 0 amide bonds. The molecule has 7 aromatic carbocycles. The van der Waals surface area contributed by atoms with Gasteiger partial charge in [0.2, 0.25) is 0 Å². The van der Waals surface area contributed by atoms with Crippen LogP contribution in [0.4, 0.5) is 0 Å². The summed E-state index contributed by atoms with van der Waals surface area (Å²) >= 11 is 0. The van der Waals surface area contributed by atoms with E-state index in [1.54, 1.807) is 0 Å². The van der Waals surface area contributed by atoms with Crippen LogP contribution in [0.25, 0.3) is 88.2 Å². The minimum atomic E-state index is 0.717. The Morgan fingerprint density at radius 2 is 0.956 bits per heavy atom. The molecule has 0 aliphatic rings. The van der Waals surface area contributed by atoms with Gasteiger partial charge in [0.1, 0.15) is 11.2 Å². The van der Waals surface area contributed by atoms with Gasteiger partial charge >= 0.3 is 0 Å². The second-order valence-corrected chi connectivity index (χ2v) is 11.9. The first-order chi connectivity index (χ1) is 22.1. The molecule has 212 valence electrons. The molecule has 0 N–H and O–H groups in total. The smallest absolute Gasteiger partial charge is 0.160 e. The number of nitrogens with zero attached hydrogens (tertiary/aromatic N) is 2. The van der Waals surface area contributed by atoms with Crippen molar-refractivity contribution < 1.29 is 4.42 Å². The van der Waals surface area contributed by atoms with Gasteiger partial charge in [0.05, 0.1) is 11.4 Å². The van der Waals surface area contributed by atoms with Crippen molar-refractivity contribution in [2.24, 2.45) is 0 Å². The topological polar surface area (TPSA) is 38.9 Å². The van der Waals surface area contributed by atoms with Gasteiger partial charge in [-0.25, -0.2) is 9.97 Å². The molecule has 3 heteroatoms. The SMILES string of the molecule is Cc1cc2c3cc(-c4cc(-c5ccccc5)nc(-c5ccccc5)n4)ccc3c3cc4oc5ccccc5c4cc3c2cc1C. The summed E-state index contributed by atoms with van der Waals surface area (Å²) in [6.45, 7) is 4.40. The quantitative estimate of drug-likeness (QED) is 0.196. The normalized spacial score (nSPS) is 11.8. The zero-order chi connectivity index (χ0) is 30.1. The number of fused-ring (bicyclic) bond motifs is 9. The number of benzene rings is 7. The van der Waals surface area contributed by atoms with Gasteiger partial charge in [0.25, 0.3) is 0 Å². The average Bonchev–Trinajstić information content (AvgIpc) is 3.46. The van der Waals surface area contributed by atoms with Crippen LogP contribution < -0.4 is 0 Å². The predicted octanol–water partition coefficient (Wildman–Crippen LogP) is 11.5. The second kappa shape index (κ2) is 9.87. The van der Waals surface area contributed by atoms with Crippen molar-refractivity contribution in [2.75, 3.05) is 0 Å². The van der Waals surface area contributed by atoms with E-state index in [2.05, 4.69) is 111 Å². The van der Waals surface area contributed by atoms with E-state index in [1.807, 2.05) is 36.4 Å². The summed E-state index contributed by atoms with van der Waals surface area (Å²) in [6.07, 6.45) is 0. The molecule has 0 bridgehead atoms. The molecular formula is C42H28N2O.